The number of phenolic OH excluding ortho intramolecular Hbond substituents is 2. The number of aliphatic hydroxyl groups excluding tert-OH is 3. The number of hydrogen-bond donors (Lipinski definition) is 7. The molecule has 1 fully saturated rings. The van der Waals surface area contributed by atoms with Crippen LogP contribution in [0, 0.1) is 12.8 Å². The number of aryl methyl sites for hydroxylation is 1. The first-order chi connectivity index (χ1) is 24.1. The number of methoxy groups -OCH3 is 3. The number of fused-ring (bicyclic) bond motifs is 5. The molecular formula is C35H38N2O14. The van der Waals surface area contributed by atoms with Crippen molar-refractivity contribution in [2.45, 2.75) is 62.1 Å². The van der Waals surface area contributed by atoms with Crippen molar-refractivity contribution < 1.29 is 68.8 Å². The van der Waals surface area contributed by atoms with Crippen LogP contribution in [-0.2, 0) is 31.0 Å². The summed E-state index contributed by atoms with van der Waals surface area (Å²) in [6.45, 7) is 2.54. The van der Waals surface area contributed by atoms with Gasteiger partial charge in [-0.2, -0.15) is 0 Å². The molecule has 0 unspecified atom stereocenters. The minimum Gasteiger partial charge on any atom is -0.507 e. The number of nitrogens with zero attached hydrogens (tertiary/aromatic N) is 1. The lowest BCUT2D eigenvalue weighted by molar-refractivity contribution is -0.214. The second-order valence-electron chi connectivity index (χ2n) is 13.0. The van der Waals surface area contributed by atoms with Gasteiger partial charge >= 0.3 is 5.97 Å². The number of ether oxygens (including phenoxy) is 4. The van der Waals surface area contributed by atoms with Crippen molar-refractivity contribution in [1.82, 2.24) is 5.32 Å². The van der Waals surface area contributed by atoms with Crippen LogP contribution in [0.3, 0.4) is 0 Å². The summed E-state index contributed by atoms with van der Waals surface area (Å²) in [6.07, 6.45) is -4.84. The lowest BCUT2D eigenvalue weighted by Crippen LogP contribution is -2.73. The average molecular weight is 711 g/mol. The van der Waals surface area contributed by atoms with Gasteiger partial charge in [-0.05, 0) is 37.1 Å². The van der Waals surface area contributed by atoms with Crippen LogP contribution in [-0.4, -0.2) is 131 Å². The van der Waals surface area contributed by atoms with E-state index in [9.17, 15) is 49.8 Å². The maximum atomic E-state index is 14.7. The van der Waals surface area contributed by atoms with Gasteiger partial charge in [0.05, 0.1) is 60.5 Å². The summed E-state index contributed by atoms with van der Waals surface area (Å²) in [7, 11) is 4.74. The lowest BCUT2D eigenvalue weighted by atomic mass is 9.56. The maximum absolute atomic E-state index is 14.7. The number of carbonyl (C=O) groups is 4. The third kappa shape index (κ3) is 4.68. The Bertz CT molecular complexity index is 1950. The number of carbonyl (C=O) groups excluding carboxylic acids is 4. The number of aliphatic hydroxyl groups is 4. The highest BCUT2D eigenvalue weighted by molar-refractivity contribution is 6.31. The number of nitrogens with one attached hydrogen (secondary N) is 1. The average Bonchev–Trinajstić information content (AvgIpc) is 3.08. The van der Waals surface area contributed by atoms with E-state index in [2.05, 4.69) is 10.3 Å². The minimum absolute atomic E-state index is 0.0231. The fraction of sp³-hybridized carbons (Fsp3) is 0.457. The van der Waals surface area contributed by atoms with Crippen molar-refractivity contribution >= 4 is 29.0 Å². The Kier molecular flexibility index (Phi) is 8.95. The Morgan fingerprint density at radius 1 is 1.06 bits per heavy atom. The van der Waals surface area contributed by atoms with Crippen LogP contribution >= 0.6 is 0 Å². The molecule has 0 bridgehead atoms. The number of benzene rings is 2. The molecule has 16 heteroatoms. The zero-order valence-corrected chi connectivity index (χ0v) is 28.5. The molecule has 0 spiro atoms. The van der Waals surface area contributed by atoms with E-state index in [0.717, 1.165) is 20.3 Å². The topological polar surface area (TPSA) is 251 Å². The number of ketones is 3. The van der Waals surface area contributed by atoms with Crippen molar-refractivity contribution in [1.29, 1.82) is 0 Å². The van der Waals surface area contributed by atoms with E-state index < -0.39 is 118 Å². The van der Waals surface area contributed by atoms with E-state index in [1.165, 1.54) is 33.2 Å². The predicted molar refractivity (Wildman–Crippen MR) is 174 cm³/mol. The van der Waals surface area contributed by atoms with Crippen LogP contribution < -0.4 is 5.32 Å². The molecule has 51 heavy (non-hydrogen) atoms. The molecule has 6 rings (SSSR count). The predicted octanol–water partition coefficient (Wildman–Crippen LogP) is -0.420. The number of esters is 1. The number of phenols is 2. The summed E-state index contributed by atoms with van der Waals surface area (Å²) in [4.78, 5) is 60.3. The second-order valence-corrected chi connectivity index (χ2v) is 13.0. The van der Waals surface area contributed by atoms with Gasteiger partial charge in [0.15, 0.2) is 11.2 Å². The van der Waals surface area contributed by atoms with Gasteiger partial charge < -0.3 is 54.9 Å². The summed E-state index contributed by atoms with van der Waals surface area (Å²) in [5.74, 6) is -7.12. The quantitative estimate of drug-likeness (QED) is 0.188. The summed E-state index contributed by atoms with van der Waals surface area (Å²) in [6, 6.07) is 2.34. The van der Waals surface area contributed by atoms with Gasteiger partial charge in [-0.25, -0.2) is 4.79 Å². The van der Waals surface area contributed by atoms with Crippen LogP contribution in [0.1, 0.15) is 70.6 Å². The second kappa shape index (κ2) is 12.6. The van der Waals surface area contributed by atoms with E-state index in [4.69, 9.17) is 18.9 Å². The number of hydrogen-bond acceptors (Lipinski definition) is 16. The Hall–Kier alpha value is -4.55. The minimum atomic E-state index is -3.19. The SMILES string of the molecule is C/N=C1\C=C(N[C@H]2O[C@@H](C)[C@H](OC)[C@@H](O)[C@H]2CO)C(=O)c2cc3c(c(O)c21)C(=O)[C@]1(OC)[C@H](O)Cc2cc(C)c(C(=O)OC)c(O)c2[C@]1(O)C3=O. The molecular weight excluding hydrogens is 672 g/mol. The number of aromatic hydroxyl groups is 2. The molecule has 4 aliphatic rings. The van der Waals surface area contributed by atoms with Crippen molar-refractivity contribution in [2.24, 2.45) is 10.9 Å². The molecule has 0 radical (unpaired) electrons. The zero-order valence-electron chi connectivity index (χ0n) is 28.5. The van der Waals surface area contributed by atoms with Crippen LogP contribution in [0.15, 0.2) is 28.9 Å². The van der Waals surface area contributed by atoms with Gasteiger partial charge in [0.1, 0.15) is 29.4 Å². The lowest BCUT2D eigenvalue weighted by Gasteiger charge is -2.53. The maximum Gasteiger partial charge on any atom is 0.341 e. The van der Waals surface area contributed by atoms with Gasteiger partial charge in [-0.1, -0.05) is 6.07 Å². The first-order valence-corrected chi connectivity index (χ1v) is 16.0. The van der Waals surface area contributed by atoms with Gasteiger partial charge in [0.25, 0.3) is 0 Å². The third-order valence-corrected chi connectivity index (χ3v) is 10.5. The fourth-order valence-corrected chi connectivity index (χ4v) is 8.09. The molecule has 8 atom stereocenters. The summed E-state index contributed by atoms with van der Waals surface area (Å²) >= 11 is 0. The van der Waals surface area contributed by atoms with Gasteiger partial charge in [-0.3, -0.25) is 19.4 Å². The molecule has 1 heterocycles. The number of Topliss-reactive ketones (excluding diaryl/α,β-unsaturated/α-hetero) is 3. The largest absolute Gasteiger partial charge is 0.507 e. The van der Waals surface area contributed by atoms with E-state index in [0.29, 0.717) is 0 Å². The smallest absolute Gasteiger partial charge is 0.341 e. The zero-order chi connectivity index (χ0) is 37.5. The summed E-state index contributed by atoms with van der Waals surface area (Å²) < 4.78 is 21.6. The van der Waals surface area contributed by atoms with E-state index in [1.54, 1.807) is 6.92 Å². The van der Waals surface area contributed by atoms with Crippen LogP contribution in [0.4, 0.5) is 0 Å². The monoisotopic (exact) mass is 710 g/mol. The van der Waals surface area contributed by atoms with E-state index >= 15 is 0 Å². The van der Waals surface area contributed by atoms with Crippen molar-refractivity contribution in [3.05, 3.63) is 68.4 Å². The molecule has 16 nitrogen and oxygen atoms in total. The highest BCUT2D eigenvalue weighted by Gasteiger charge is 2.72. The number of allylic oxidation sites excluding steroid dienone is 2. The molecule has 7 N–H and O–H groups in total. The molecule has 272 valence electrons. The van der Waals surface area contributed by atoms with Crippen molar-refractivity contribution in [3.63, 3.8) is 0 Å². The Labute approximate surface area is 290 Å². The molecule has 0 aromatic heterocycles. The van der Waals surface area contributed by atoms with Crippen LogP contribution in [0.2, 0.25) is 0 Å². The molecule has 1 saturated heterocycles. The standard InChI is InChI=1S/C35H38N2O14/c1-12-7-14-8-20(39)35(50-6)31(45)23-16(30(44)34(35,47)24(14)28(43)21(12)33(46)49-5)9-15-22(27(23)42)18(36-3)10-19(25(15)40)37-32-17(11-38)26(41)29(48-4)13(2)51-32/h7,9-10,13,17,20,26,29,32,37-39,41-43,47H,8,11H2,1-6H3/b36-18+/t13-,17+,20+,26-,29-,32-,34-,35+/m0/s1. The Balaban J connectivity index is 1.54. The first-order valence-electron chi connectivity index (χ1n) is 16.0. The highest BCUT2D eigenvalue weighted by Crippen LogP contribution is 2.56. The van der Waals surface area contributed by atoms with E-state index in [-0.39, 0.29) is 33.7 Å². The van der Waals surface area contributed by atoms with Crippen molar-refractivity contribution in [2.75, 3.05) is 35.0 Å². The van der Waals surface area contributed by atoms with Crippen molar-refractivity contribution in [3.8, 4) is 11.5 Å². The molecule has 0 saturated carbocycles. The van der Waals surface area contributed by atoms with Gasteiger partial charge in [-0.15, -0.1) is 0 Å². The summed E-state index contributed by atoms with van der Waals surface area (Å²) in [5, 5.41) is 71.0. The molecule has 2 aromatic carbocycles. The number of aliphatic imine (C=N–C) groups is 1. The first kappa shape index (κ1) is 36.2. The number of rotatable bonds is 6. The highest BCUT2D eigenvalue weighted by atomic mass is 16.6. The Morgan fingerprint density at radius 3 is 2.33 bits per heavy atom. The van der Waals surface area contributed by atoms with Gasteiger partial charge in [0.2, 0.25) is 17.3 Å². The molecule has 0 amide bonds. The fourth-order valence-electron chi connectivity index (χ4n) is 8.09. The molecule has 3 aliphatic carbocycles. The molecule has 2 aromatic rings. The summed E-state index contributed by atoms with van der Waals surface area (Å²) in [5.41, 5.74) is -8.89. The molecule has 1 aliphatic heterocycles. The van der Waals surface area contributed by atoms with Crippen LogP contribution in [0.25, 0.3) is 0 Å². The third-order valence-electron chi connectivity index (χ3n) is 10.5. The van der Waals surface area contributed by atoms with Crippen LogP contribution in [0.5, 0.6) is 11.5 Å². The van der Waals surface area contributed by atoms with Gasteiger partial charge in [0, 0.05) is 44.4 Å². The normalized spacial score (nSPS) is 32.1. The van der Waals surface area contributed by atoms with E-state index in [1.807, 2.05) is 0 Å². The Morgan fingerprint density at radius 2 is 1.75 bits per heavy atom.